The summed E-state index contributed by atoms with van der Waals surface area (Å²) >= 11 is 0. The second-order valence-corrected chi connectivity index (χ2v) is 15.6. The average molecular weight is 748 g/mol. The molecule has 0 fully saturated rings. The summed E-state index contributed by atoms with van der Waals surface area (Å²) in [5, 5.41) is 2.06. The Morgan fingerprint density at radius 1 is 0.655 bits per heavy atom. The lowest BCUT2D eigenvalue weighted by atomic mass is 9.67. The summed E-state index contributed by atoms with van der Waals surface area (Å²) in [6.07, 6.45) is 23.4. The Kier molecular flexibility index (Phi) is 7.52. The van der Waals surface area contributed by atoms with Crippen molar-refractivity contribution in [1.82, 2.24) is 24.5 Å². The molecule has 8 aromatic rings. The molecule has 0 saturated carbocycles. The first-order chi connectivity index (χ1) is 28.7. The highest BCUT2D eigenvalue weighted by Crippen LogP contribution is 2.49. The van der Waals surface area contributed by atoms with Gasteiger partial charge in [0, 0.05) is 50.9 Å². The van der Waals surface area contributed by atoms with E-state index in [-0.39, 0.29) is 11.8 Å². The topological polar surface area (TPSA) is 69.6 Å². The summed E-state index contributed by atoms with van der Waals surface area (Å²) in [6.45, 7) is 0. The third-order valence-corrected chi connectivity index (χ3v) is 12.3. The molecule has 0 aliphatic heterocycles. The highest BCUT2D eigenvalue weighted by Gasteiger charge is 2.34. The van der Waals surface area contributed by atoms with Crippen molar-refractivity contribution in [2.24, 2.45) is 5.92 Å². The Hall–Kier alpha value is -7.18. The highest BCUT2D eigenvalue weighted by molar-refractivity contribution is 6.11. The van der Waals surface area contributed by atoms with Gasteiger partial charge in [0.05, 0.1) is 11.0 Å². The van der Waals surface area contributed by atoms with Gasteiger partial charge in [-0.25, -0.2) is 19.9 Å². The van der Waals surface area contributed by atoms with E-state index in [1.165, 1.54) is 22.3 Å². The van der Waals surface area contributed by atoms with Crippen LogP contribution in [0.3, 0.4) is 0 Å². The maximum Gasteiger partial charge on any atom is 0.164 e. The van der Waals surface area contributed by atoms with Crippen molar-refractivity contribution in [3.63, 3.8) is 0 Å². The molecule has 58 heavy (non-hydrogen) atoms. The zero-order valence-electron chi connectivity index (χ0n) is 31.7. The first kappa shape index (κ1) is 33.0. The van der Waals surface area contributed by atoms with E-state index in [1.54, 1.807) is 0 Å². The zero-order chi connectivity index (χ0) is 38.2. The van der Waals surface area contributed by atoms with E-state index in [4.69, 9.17) is 24.4 Å². The maximum absolute atomic E-state index is 6.33. The van der Waals surface area contributed by atoms with Gasteiger partial charge in [-0.05, 0) is 84.0 Å². The van der Waals surface area contributed by atoms with Gasteiger partial charge in [-0.3, -0.25) is 4.57 Å². The summed E-state index contributed by atoms with van der Waals surface area (Å²) in [4.78, 5) is 21.0. The molecule has 6 nitrogen and oxygen atoms in total. The number of imidazole rings is 1. The second kappa shape index (κ2) is 13.2. The van der Waals surface area contributed by atoms with Gasteiger partial charge in [-0.2, -0.15) is 0 Å². The number of hydrogen-bond acceptors (Lipinski definition) is 5. The molecule has 3 atom stereocenters. The fourth-order valence-corrected chi connectivity index (χ4v) is 9.54. The van der Waals surface area contributed by atoms with E-state index in [9.17, 15) is 0 Å². The van der Waals surface area contributed by atoms with Gasteiger partial charge >= 0.3 is 0 Å². The van der Waals surface area contributed by atoms with E-state index >= 15 is 0 Å². The first-order valence-electron chi connectivity index (χ1n) is 20.2. The Bertz CT molecular complexity index is 3170. The molecule has 3 heterocycles. The van der Waals surface area contributed by atoms with Crippen molar-refractivity contribution < 1.29 is 4.42 Å². The van der Waals surface area contributed by atoms with Gasteiger partial charge in [0.2, 0.25) is 0 Å². The Balaban J connectivity index is 0.994. The monoisotopic (exact) mass is 747 g/mol. The number of para-hydroxylation sites is 4. The quantitative estimate of drug-likeness (QED) is 0.175. The molecule has 4 aliphatic rings. The Morgan fingerprint density at radius 2 is 1.48 bits per heavy atom. The molecule has 0 N–H and O–H groups in total. The summed E-state index contributed by atoms with van der Waals surface area (Å²) in [6, 6.07) is 40.0. The van der Waals surface area contributed by atoms with Gasteiger partial charge in [0.1, 0.15) is 22.8 Å². The van der Waals surface area contributed by atoms with Crippen LogP contribution in [0, 0.1) is 5.92 Å². The van der Waals surface area contributed by atoms with E-state index in [0.29, 0.717) is 17.6 Å². The van der Waals surface area contributed by atoms with Crippen LogP contribution in [0.2, 0.25) is 0 Å². The number of allylic oxidation sites excluding steroid dienone is 12. The molecule has 3 unspecified atom stereocenters. The first-order valence-corrected chi connectivity index (χ1v) is 20.2. The number of hydrogen-bond donors (Lipinski definition) is 0. The molecule has 6 heteroatoms. The van der Waals surface area contributed by atoms with Crippen LogP contribution >= 0.6 is 0 Å². The summed E-state index contributed by atoms with van der Waals surface area (Å²) in [5.41, 5.74) is 13.4. The van der Waals surface area contributed by atoms with Gasteiger partial charge < -0.3 is 4.42 Å². The SMILES string of the molecule is C1=CC2C3=C(CCC=C3)c3ccc(-c4nc(-c5cccc6oc7ccccc7c56)nc(C5C=CC(c6nc7ccccc7n6-c6ccccc6)=CC5)n4)cc3C2C=C1. The van der Waals surface area contributed by atoms with Crippen LogP contribution < -0.4 is 0 Å². The third-order valence-electron chi connectivity index (χ3n) is 12.3. The van der Waals surface area contributed by atoms with Gasteiger partial charge in [0.15, 0.2) is 11.6 Å². The molecule has 0 amide bonds. The van der Waals surface area contributed by atoms with Crippen molar-refractivity contribution in [2.45, 2.75) is 31.1 Å². The minimum absolute atomic E-state index is 0.0609. The van der Waals surface area contributed by atoms with E-state index in [1.807, 2.05) is 36.4 Å². The summed E-state index contributed by atoms with van der Waals surface area (Å²) < 4.78 is 8.58. The lowest BCUT2D eigenvalue weighted by Crippen LogP contribution is -2.21. The predicted octanol–water partition coefficient (Wildman–Crippen LogP) is 12.5. The number of aromatic nitrogens is 5. The standard InChI is InChI=1S/C52H37N5O/c1-2-13-35(14-3-1)57-45-22-10-9-21-44(45)53-52(57)33-27-25-32(26-28-33)49-54-50(56-51(55-49)42-20-12-24-47-48(42)41-19-8-11-23-46(41)58-47)34-29-30-40-38-17-5-4-15-36(38)37-16-6-7-18-39(37)43(40)31-34/h1-4,6-16,18-25,27-32,37,39H,5,17,26H2. The lowest BCUT2D eigenvalue weighted by Gasteiger charge is -2.36. The van der Waals surface area contributed by atoms with Crippen molar-refractivity contribution in [3.05, 3.63) is 198 Å². The number of nitrogens with zero attached hydrogens (tertiary/aromatic N) is 5. The number of rotatable bonds is 5. The molecule has 4 aliphatic carbocycles. The van der Waals surface area contributed by atoms with Crippen molar-refractivity contribution in [1.29, 1.82) is 0 Å². The zero-order valence-corrected chi connectivity index (χ0v) is 31.7. The predicted molar refractivity (Wildman–Crippen MR) is 233 cm³/mol. The molecule has 5 aromatic carbocycles. The fraction of sp³-hybridized carbons (Fsp3) is 0.115. The molecule has 3 aromatic heterocycles. The van der Waals surface area contributed by atoms with Crippen LogP contribution in [-0.2, 0) is 0 Å². The molecular formula is C52H37N5O. The van der Waals surface area contributed by atoms with Gasteiger partial charge in [-0.1, -0.05) is 127 Å². The van der Waals surface area contributed by atoms with E-state index < -0.39 is 0 Å². The van der Waals surface area contributed by atoms with Crippen molar-refractivity contribution in [3.8, 4) is 28.5 Å². The smallest absolute Gasteiger partial charge is 0.164 e. The molecule has 0 bridgehead atoms. The Morgan fingerprint density at radius 3 is 2.40 bits per heavy atom. The molecule has 12 rings (SSSR count). The van der Waals surface area contributed by atoms with Crippen LogP contribution in [0.4, 0.5) is 0 Å². The van der Waals surface area contributed by atoms with Crippen LogP contribution in [0.25, 0.3) is 72.6 Å². The lowest BCUT2D eigenvalue weighted by molar-refractivity contribution is 0.655. The second-order valence-electron chi connectivity index (χ2n) is 15.6. The Labute approximate surface area is 335 Å². The molecule has 0 spiro atoms. The van der Waals surface area contributed by atoms with Gasteiger partial charge in [0.25, 0.3) is 0 Å². The molecule has 276 valence electrons. The normalized spacial score (nSPS) is 19.4. The van der Waals surface area contributed by atoms with Crippen LogP contribution in [0.15, 0.2) is 180 Å². The fourth-order valence-electron chi connectivity index (χ4n) is 9.54. The van der Waals surface area contributed by atoms with E-state index in [0.717, 1.165) is 86.3 Å². The summed E-state index contributed by atoms with van der Waals surface area (Å²) in [7, 11) is 0. The average Bonchev–Trinajstić information content (AvgIpc) is 3.88. The summed E-state index contributed by atoms with van der Waals surface area (Å²) in [5.74, 6) is 3.52. The minimum Gasteiger partial charge on any atom is -0.456 e. The minimum atomic E-state index is -0.0609. The third kappa shape index (κ3) is 5.25. The molecule has 0 saturated heterocycles. The largest absolute Gasteiger partial charge is 0.456 e. The van der Waals surface area contributed by atoms with E-state index in [2.05, 4.69) is 138 Å². The number of furan rings is 1. The number of fused-ring (bicyclic) bond motifs is 9. The van der Waals surface area contributed by atoms with Crippen LogP contribution in [-0.4, -0.2) is 24.5 Å². The number of benzene rings is 5. The molecule has 0 radical (unpaired) electrons. The highest BCUT2D eigenvalue weighted by atomic mass is 16.3. The van der Waals surface area contributed by atoms with Gasteiger partial charge in [-0.15, -0.1) is 0 Å². The van der Waals surface area contributed by atoms with Crippen LogP contribution in [0.1, 0.15) is 53.9 Å². The van der Waals surface area contributed by atoms with Crippen molar-refractivity contribution >= 4 is 44.1 Å². The maximum atomic E-state index is 6.33. The van der Waals surface area contributed by atoms with Crippen LogP contribution in [0.5, 0.6) is 0 Å². The molecular weight excluding hydrogens is 711 g/mol. The van der Waals surface area contributed by atoms with Crippen molar-refractivity contribution in [2.75, 3.05) is 0 Å².